The monoisotopic (exact) mass is 222 g/mol. The van der Waals surface area contributed by atoms with Crippen LogP contribution < -0.4 is 4.74 Å². The van der Waals surface area contributed by atoms with Crippen LogP contribution in [0.3, 0.4) is 0 Å². The summed E-state index contributed by atoms with van der Waals surface area (Å²) in [4.78, 5) is 16.3. The Morgan fingerprint density at radius 1 is 1.53 bits per heavy atom. The lowest BCUT2D eigenvalue weighted by Gasteiger charge is -2.07. The van der Waals surface area contributed by atoms with Gasteiger partial charge in [-0.25, -0.2) is 9.78 Å². The van der Waals surface area contributed by atoms with Gasteiger partial charge < -0.3 is 9.84 Å². The van der Waals surface area contributed by atoms with Crippen LogP contribution in [0.1, 0.15) is 16.2 Å². The molecule has 0 amide bonds. The molecule has 82 valence electrons. The average Bonchev–Trinajstić information content (AvgIpc) is 2.15. The fraction of sp³-hybridized carbons (Fsp3) is 0.286. The van der Waals surface area contributed by atoms with Crippen LogP contribution in [-0.2, 0) is 6.18 Å². The first-order valence-corrected chi connectivity index (χ1v) is 3.57. The predicted molar refractivity (Wildman–Crippen MR) is 40.5 cm³/mol. The van der Waals surface area contributed by atoms with Gasteiger partial charge in [-0.1, -0.05) is 0 Å². The van der Waals surface area contributed by atoms with Crippen molar-refractivity contribution >= 4 is 5.97 Å². The molecule has 5 nitrogen and oxygen atoms in total. The number of methoxy groups -OCH3 is 1. The number of alkyl halides is 3. The van der Waals surface area contributed by atoms with Gasteiger partial charge in [0.05, 0.1) is 7.11 Å². The van der Waals surface area contributed by atoms with Crippen LogP contribution in [0.25, 0.3) is 0 Å². The molecule has 1 aromatic rings. The molecule has 0 atom stereocenters. The van der Waals surface area contributed by atoms with E-state index in [1.54, 1.807) is 0 Å². The molecule has 15 heavy (non-hydrogen) atoms. The minimum absolute atomic E-state index is 0.523. The summed E-state index contributed by atoms with van der Waals surface area (Å²) < 4.78 is 40.7. The fourth-order valence-electron chi connectivity index (χ4n) is 0.805. The van der Waals surface area contributed by atoms with Crippen LogP contribution in [0.4, 0.5) is 13.2 Å². The molecule has 0 saturated carbocycles. The van der Waals surface area contributed by atoms with Crippen molar-refractivity contribution < 1.29 is 27.8 Å². The van der Waals surface area contributed by atoms with E-state index in [1.165, 1.54) is 0 Å². The highest BCUT2D eigenvalue weighted by molar-refractivity contribution is 5.89. The molecule has 0 spiro atoms. The molecule has 0 aromatic carbocycles. The van der Waals surface area contributed by atoms with Crippen LogP contribution in [0.15, 0.2) is 6.20 Å². The van der Waals surface area contributed by atoms with Gasteiger partial charge in [-0.05, 0) is 0 Å². The van der Waals surface area contributed by atoms with Crippen molar-refractivity contribution in [2.45, 2.75) is 6.18 Å². The summed E-state index contributed by atoms with van der Waals surface area (Å²) in [6.45, 7) is 0. The first-order chi connectivity index (χ1) is 6.86. The smallest absolute Gasteiger partial charge is 0.451 e. The Balaban J connectivity index is 3.25. The van der Waals surface area contributed by atoms with Gasteiger partial charge in [0.25, 0.3) is 0 Å². The van der Waals surface area contributed by atoms with E-state index in [4.69, 9.17) is 5.11 Å². The largest absolute Gasteiger partial charge is 0.480 e. The molecule has 0 aliphatic heterocycles. The number of rotatable bonds is 2. The Labute approximate surface area is 81.5 Å². The number of hydrogen-bond donors (Lipinski definition) is 1. The zero-order valence-corrected chi connectivity index (χ0v) is 7.37. The molecule has 1 heterocycles. The van der Waals surface area contributed by atoms with E-state index in [-0.39, 0.29) is 0 Å². The molecule has 0 bridgehead atoms. The van der Waals surface area contributed by atoms with Crippen LogP contribution in [0.2, 0.25) is 0 Å². The van der Waals surface area contributed by atoms with E-state index >= 15 is 0 Å². The Bertz CT molecular complexity index is 392. The number of nitrogens with zero attached hydrogens (tertiary/aromatic N) is 2. The maximum absolute atomic E-state index is 12.1. The van der Waals surface area contributed by atoms with Gasteiger partial charge in [0.2, 0.25) is 11.7 Å². The van der Waals surface area contributed by atoms with E-state index in [0.717, 1.165) is 7.11 Å². The van der Waals surface area contributed by atoms with Crippen molar-refractivity contribution in [2.24, 2.45) is 0 Å². The third kappa shape index (κ3) is 2.33. The number of carboxylic acid groups (broad SMARTS) is 1. The third-order valence-electron chi connectivity index (χ3n) is 1.43. The van der Waals surface area contributed by atoms with E-state index < -0.39 is 29.4 Å². The Morgan fingerprint density at radius 3 is 2.53 bits per heavy atom. The summed E-state index contributed by atoms with van der Waals surface area (Å²) in [5.41, 5.74) is -0.523. The van der Waals surface area contributed by atoms with Crippen LogP contribution in [0.5, 0.6) is 5.88 Å². The zero-order chi connectivity index (χ0) is 11.6. The summed E-state index contributed by atoms with van der Waals surface area (Å²) in [5.74, 6) is -3.52. The lowest BCUT2D eigenvalue weighted by atomic mass is 10.3. The Morgan fingerprint density at radius 2 is 2.13 bits per heavy atom. The summed E-state index contributed by atoms with van der Waals surface area (Å²) in [6.07, 6.45) is -4.18. The number of halogens is 3. The standard InChI is InChI=1S/C7H5F3N2O3/c1-15-4-3(5(13)14)2-11-6(12-4)7(8,9)10/h2H,1H3,(H,13,14). The maximum atomic E-state index is 12.1. The number of hydrogen-bond acceptors (Lipinski definition) is 4. The molecule has 0 fully saturated rings. The van der Waals surface area contributed by atoms with Gasteiger partial charge >= 0.3 is 12.1 Å². The zero-order valence-electron chi connectivity index (χ0n) is 7.37. The van der Waals surface area contributed by atoms with Crippen molar-refractivity contribution in [3.63, 3.8) is 0 Å². The topological polar surface area (TPSA) is 72.3 Å². The van der Waals surface area contributed by atoms with Crippen molar-refractivity contribution in [2.75, 3.05) is 7.11 Å². The summed E-state index contributed by atoms with van der Waals surface area (Å²) in [6, 6.07) is 0. The first kappa shape index (κ1) is 11.2. The molecule has 8 heteroatoms. The number of aromatic carboxylic acids is 1. The van der Waals surface area contributed by atoms with Crippen LogP contribution in [0, 0.1) is 0 Å². The van der Waals surface area contributed by atoms with E-state index in [9.17, 15) is 18.0 Å². The van der Waals surface area contributed by atoms with Gasteiger partial charge in [-0.2, -0.15) is 18.2 Å². The average molecular weight is 222 g/mol. The maximum Gasteiger partial charge on any atom is 0.451 e. The van der Waals surface area contributed by atoms with Gasteiger partial charge in [-0.3, -0.25) is 0 Å². The highest BCUT2D eigenvalue weighted by Crippen LogP contribution is 2.28. The van der Waals surface area contributed by atoms with E-state index in [1.807, 2.05) is 0 Å². The number of carboxylic acids is 1. The minimum atomic E-state index is -4.73. The second-order valence-electron chi connectivity index (χ2n) is 2.42. The molecule has 1 aromatic heterocycles. The van der Waals surface area contributed by atoms with Crippen LogP contribution >= 0.6 is 0 Å². The van der Waals surface area contributed by atoms with Gasteiger partial charge in [0, 0.05) is 6.20 Å². The third-order valence-corrected chi connectivity index (χ3v) is 1.43. The van der Waals surface area contributed by atoms with E-state index in [0.29, 0.717) is 6.20 Å². The SMILES string of the molecule is COc1nc(C(F)(F)F)ncc1C(=O)O. The molecule has 0 aliphatic carbocycles. The van der Waals surface area contributed by atoms with Crippen molar-refractivity contribution in [3.8, 4) is 5.88 Å². The fourth-order valence-corrected chi connectivity index (χ4v) is 0.805. The normalized spacial score (nSPS) is 11.2. The molecule has 1 N–H and O–H groups in total. The highest BCUT2D eigenvalue weighted by Gasteiger charge is 2.35. The Hall–Kier alpha value is -1.86. The molecule has 0 unspecified atom stereocenters. The second kappa shape index (κ2) is 3.71. The molecular formula is C7H5F3N2O3. The molecule has 0 aliphatic rings. The van der Waals surface area contributed by atoms with E-state index in [2.05, 4.69) is 14.7 Å². The molecular weight excluding hydrogens is 217 g/mol. The molecule has 0 radical (unpaired) electrons. The van der Waals surface area contributed by atoms with Crippen molar-refractivity contribution in [1.29, 1.82) is 0 Å². The number of carbonyl (C=O) groups is 1. The molecule has 1 rings (SSSR count). The molecule has 0 saturated heterocycles. The summed E-state index contributed by atoms with van der Waals surface area (Å²) >= 11 is 0. The minimum Gasteiger partial charge on any atom is -0.480 e. The van der Waals surface area contributed by atoms with Crippen molar-refractivity contribution in [3.05, 3.63) is 17.6 Å². The van der Waals surface area contributed by atoms with Gasteiger partial charge in [0.1, 0.15) is 5.56 Å². The second-order valence-corrected chi connectivity index (χ2v) is 2.42. The van der Waals surface area contributed by atoms with Crippen molar-refractivity contribution in [1.82, 2.24) is 9.97 Å². The Kier molecular flexibility index (Phi) is 2.78. The lowest BCUT2D eigenvalue weighted by Crippen LogP contribution is -2.14. The predicted octanol–water partition coefficient (Wildman–Crippen LogP) is 1.20. The lowest BCUT2D eigenvalue weighted by molar-refractivity contribution is -0.145. The first-order valence-electron chi connectivity index (χ1n) is 3.57. The highest BCUT2D eigenvalue weighted by atomic mass is 19.4. The summed E-state index contributed by atoms with van der Waals surface area (Å²) in [7, 11) is 1.02. The summed E-state index contributed by atoms with van der Waals surface area (Å²) in [5, 5.41) is 8.55. The van der Waals surface area contributed by atoms with Gasteiger partial charge in [-0.15, -0.1) is 0 Å². The van der Waals surface area contributed by atoms with Crippen LogP contribution in [-0.4, -0.2) is 28.2 Å². The van der Waals surface area contributed by atoms with Gasteiger partial charge in [0.15, 0.2) is 0 Å². The number of aromatic nitrogens is 2. The quantitative estimate of drug-likeness (QED) is 0.813. The number of ether oxygens (including phenoxy) is 1.